The quantitative estimate of drug-likeness (QED) is 0.637. The number of aryl methyl sites for hydroxylation is 1. The van der Waals surface area contributed by atoms with Gasteiger partial charge in [-0.3, -0.25) is 4.79 Å². The topological polar surface area (TPSA) is 68.5 Å². The Morgan fingerprint density at radius 1 is 1.21 bits per heavy atom. The zero-order valence-electron chi connectivity index (χ0n) is 16.6. The number of amides is 1. The van der Waals surface area contributed by atoms with E-state index >= 15 is 0 Å². The summed E-state index contributed by atoms with van der Waals surface area (Å²) in [5, 5.41) is 4.05. The lowest BCUT2D eigenvalue weighted by atomic mass is 10.1. The van der Waals surface area contributed by atoms with Crippen molar-refractivity contribution in [2.24, 2.45) is 0 Å². The number of hydrogen-bond donors (Lipinski definition) is 0. The Bertz CT molecular complexity index is 1030. The molecule has 3 aromatic rings. The SMILES string of the molecule is Cc1ccc(F)c(N2CC(c3nc(-c4ccc(OC(C)C)cc4)no3)CC2=O)c1. The average Bonchev–Trinajstić information content (AvgIpc) is 3.31. The molecule has 29 heavy (non-hydrogen) atoms. The molecule has 0 spiro atoms. The largest absolute Gasteiger partial charge is 0.491 e. The molecule has 1 atom stereocenters. The van der Waals surface area contributed by atoms with E-state index in [-0.39, 0.29) is 30.0 Å². The third-order valence-electron chi connectivity index (χ3n) is 4.79. The summed E-state index contributed by atoms with van der Waals surface area (Å²) in [6.45, 7) is 6.10. The second-order valence-electron chi connectivity index (χ2n) is 7.51. The molecule has 6 nitrogen and oxygen atoms in total. The number of carbonyl (C=O) groups excluding carboxylic acids is 1. The first-order chi connectivity index (χ1) is 13.9. The number of anilines is 1. The van der Waals surface area contributed by atoms with E-state index in [4.69, 9.17) is 9.26 Å². The van der Waals surface area contributed by atoms with Gasteiger partial charge in [0.2, 0.25) is 17.6 Å². The van der Waals surface area contributed by atoms with Crippen LogP contribution >= 0.6 is 0 Å². The summed E-state index contributed by atoms with van der Waals surface area (Å²) in [6.07, 6.45) is 0.301. The molecule has 2 aromatic carbocycles. The van der Waals surface area contributed by atoms with E-state index < -0.39 is 5.82 Å². The number of carbonyl (C=O) groups is 1. The zero-order valence-corrected chi connectivity index (χ0v) is 16.6. The van der Waals surface area contributed by atoms with Crippen LogP contribution in [0.4, 0.5) is 10.1 Å². The first kappa shape index (κ1) is 19.1. The summed E-state index contributed by atoms with van der Waals surface area (Å²) in [6, 6.07) is 12.2. The van der Waals surface area contributed by atoms with Gasteiger partial charge >= 0.3 is 0 Å². The fourth-order valence-electron chi connectivity index (χ4n) is 3.41. The first-order valence-corrected chi connectivity index (χ1v) is 9.58. The van der Waals surface area contributed by atoms with E-state index in [2.05, 4.69) is 10.1 Å². The minimum absolute atomic E-state index is 0.0960. The molecule has 1 unspecified atom stereocenters. The Morgan fingerprint density at radius 3 is 2.69 bits per heavy atom. The van der Waals surface area contributed by atoms with Crippen LogP contribution in [0.15, 0.2) is 47.0 Å². The minimum Gasteiger partial charge on any atom is -0.491 e. The second kappa shape index (κ2) is 7.66. The maximum atomic E-state index is 14.2. The molecule has 1 aliphatic heterocycles. The van der Waals surface area contributed by atoms with Crippen LogP contribution < -0.4 is 9.64 Å². The Hall–Kier alpha value is -3.22. The molecule has 2 heterocycles. The van der Waals surface area contributed by atoms with Crippen LogP contribution in [-0.2, 0) is 4.79 Å². The van der Waals surface area contributed by atoms with Gasteiger partial charge in [0, 0.05) is 18.5 Å². The van der Waals surface area contributed by atoms with Crippen LogP contribution in [0.5, 0.6) is 5.75 Å². The Morgan fingerprint density at radius 2 is 1.97 bits per heavy atom. The Balaban J connectivity index is 1.51. The van der Waals surface area contributed by atoms with Gasteiger partial charge in [0.25, 0.3) is 0 Å². The molecule has 4 rings (SSSR count). The average molecular weight is 395 g/mol. The van der Waals surface area contributed by atoms with E-state index in [1.807, 2.05) is 45.0 Å². The molecule has 1 fully saturated rings. The maximum Gasteiger partial charge on any atom is 0.232 e. The number of nitrogens with zero attached hydrogens (tertiary/aromatic N) is 3. The van der Waals surface area contributed by atoms with Gasteiger partial charge in [0.15, 0.2) is 0 Å². The van der Waals surface area contributed by atoms with Gasteiger partial charge in [-0.2, -0.15) is 4.98 Å². The highest BCUT2D eigenvalue weighted by Gasteiger charge is 2.36. The number of aromatic nitrogens is 2. The molecule has 7 heteroatoms. The van der Waals surface area contributed by atoms with Crippen molar-refractivity contribution >= 4 is 11.6 Å². The molecule has 0 bridgehead atoms. The van der Waals surface area contributed by atoms with Gasteiger partial charge in [0.1, 0.15) is 11.6 Å². The molecule has 1 aliphatic rings. The molecule has 0 N–H and O–H groups in total. The third-order valence-corrected chi connectivity index (χ3v) is 4.79. The van der Waals surface area contributed by atoms with Gasteiger partial charge in [0.05, 0.1) is 17.7 Å². The fraction of sp³-hybridized carbons (Fsp3) is 0.318. The molecule has 0 aliphatic carbocycles. The van der Waals surface area contributed by atoms with E-state index in [0.29, 0.717) is 18.3 Å². The zero-order chi connectivity index (χ0) is 20.5. The molecule has 0 saturated carbocycles. The molecule has 150 valence electrons. The van der Waals surface area contributed by atoms with Crippen molar-refractivity contribution in [2.45, 2.75) is 39.2 Å². The standard InChI is InChI=1S/C22H22FN3O3/c1-13(2)28-17-7-5-15(6-8-17)21-24-22(29-25-21)16-11-20(27)26(12-16)19-10-14(3)4-9-18(19)23/h4-10,13,16H,11-12H2,1-3H3. The van der Waals surface area contributed by atoms with Gasteiger partial charge in [-0.1, -0.05) is 11.2 Å². The van der Waals surface area contributed by atoms with Crippen molar-refractivity contribution in [1.29, 1.82) is 0 Å². The molecule has 1 aromatic heterocycles. The summed E-state index contributed by atoms with van der Waals surface area (Å²) in [4.78, 5) is 18.4. The molecule has 1 amide bonds. The Labute approximate surface area is 168 Å². The summed E-state index contributed by atoms with van der Waals surface area (Å²) in [7, 11) is 0. The molecule has 0 radical (unpaired) electrons. The molecular weight excluding hydrogens is 373 g/mol. The highest BCUT2D eigenvalue weighted by Crippen LogP contribution is 2.33. The van der Waals surface area contributed by atoms with Gasteiger partial charge in [-0.05, 0) is 62.7 Å². The lowest BCUT2D eigenvalue weighted by molar-refractivity contribution is -0.117. The summed E-state index contributed by atoms with van der Waals surface area (Å²) in [5.41, 5.74) is 1.97. The van der Waals surface area contributed by atoms with Crippen molar-refractivity contribution in [3.63, 3.8) is 0 Å². The van der Waals surface area contributed by atoms with Crippen LogP contribution in [0.1, 0.15) is 37.6 Å². The fourth-order valence-corrected chi connectivity index (χ4v) is 3.41. The van der Waals surface area contributed by atoms with E-state index in [1.165, 1.54) is 11.0 Å². The highest BCUT2D eigenvalue weighted by atomic mass is 19.1. The minimum atomic E-state index is -0.417. The smallest absolute Gasteiger partial charge is 0.232 e. The number of hydrogen-bond acceptors (Lipinski definition) is 5. The van der Waals surface area contributed by atoms with Crippen LogP contribution in [0.25, 0.3) is 11.4 Å². The van der Waals surface area contributed by atoms with Crippen molar-refractivity contribution in [1.82, 2.24) is 10.1 Å². The van der Waals surface area contributed by atoms with Gasteiger partial charge in [-0.15, -0.1) is 0 Å². The van der Waals surface area contributed by atoms with E-state index in [1.54, 1.807) is 12.1 Å². The number of ether oxygens (including phenoxy) is 1. The maximum absolute atomic E-state index is 14.2. The van der Waals surface area contributed by atoms with Crippen molar-refractivity contribution in [2.75, 3.05) is 11.4 Å². The summed E-state index contributed by atoms with van der Waals surface area (Å²) >= 11 is 0. The lowest BCUT2D eigenvalue weighted by Crippen LogP contribution is -2.25. The lowest BCUT2D eigenvalue weighted by Gasteiger charge is -2.17. The van der Waals surface area contributed by atoms with Crippen molar-refractivity contribution in [3.8, 4) is 17.1 Å². The third kappa shape index (κ3) is 3.99. The predicted octanol–water partition coefficient (Wildman–Crippen LogP) is 4.49. The molecular formula is C22H22FN3O3. The van der Waals surface area contributed by atoms with E-state index in [0.717, 1.165) is 16.9 Å². The molecule has 1 saturated heterocycles. The van der Waals surface area contributed by atoms with Crippen LogP contribution in [-0.4, -0.2) is 28.7 Å². The summed E-state index contributed by atoms with van der Waals surface area (Å²) < 4.78 is 25.3. The normalized spacial score (nSPS) is 16.7. The number of benzene rings is 2. The summed E-state index contributed by atoms with van der Waals surface area (Å²) in [5.74, 6) is 0.751. The second-order valence-corrected chi connectivity index (χ2v) is 7.51. The van der Waals surface area contributed by atoms with Crippen LogP contribution in [0.2, 0.25) is 0 Å². The first-order valence-electron chi connectivity index (χ1n) is 9.58. The van der Waals surface area contributed by atoms with E-state index in [9.17, 15) is 9.18 Å². The Kier molecular flexibility index (Phi) is 5.05. The van der Waals surface area contributed by atoms with Crippen molar-refractivity contribution < 1.29 is 18.4 Å². The van der Waals surface area contributed by atoms with Gasteiger partial charge in [-0.25, -0.2) is 4.39 Å². The van der Waals surface area contributed by atoms with Crippen LogP contribution in [0.3, 0.4) is 0 Å². The van der Waals surface area contributed by atoms with Crippen LogP contribution in [0, 0.1) is 12.7 Å². The monoisotopic (exact) mass is 395 g/mol. The number of halogens is 1. The predicted molar refractivity (Wildman–Crippen MR) is 106 cm³/mol. The van der Waals surface area contributed by atoms with Gasteiger partial charge < -0.3 is 14.2 Å². The number of rotatable bonds is 5. The highest BCUT2D eigenvalue weighted by molar-refractivity contribution is 5.96. The van der Waals surface area contributed by atoms with Crippen molar-refractivity contribution in [3.05, 3.63) is 59.7 Å².